The summed E-state index contributed by atoms with van der Waals surface area (Å²) in [5, 5.41) is 2.69. The van der Waals surface area contributed by atoms with Gasteiger partial charge in [-0.15, -0.1) is 0 Å². The number of anilines is 2. The van der Waals surface area contributed by atoms with E-state index in [9.17, 15) is 27.2 Å². The number of esters is 1. The number of nitrogens with one attached hydrogen (secondary N) is 1. The second-order valence-electron chi connectivity index (χ2n) is 7.94. The molecule has 1 N–H and O–H groups in total. The third kappa shape index (κ3) is 5.54. The van der Waals surface area contributed by atoms with Crippen LogP contribution in [-0.4, -0.2) is 31.7 Å². The first-order valence-electron chi connectivity index (χ1n) is 11.3. The smallest absolute Gasteiger partial charge is 0.417 e. The summed E-state index contributed by atoms with van der Waals surface area (Å²) in [5.41, 5.74) is -0.879. The van der Waals surface area contributed by atoms with Gasteiger partial charge in [0, 0.05) is 48.1 Å². The molecule has 0 radical (unpaired) electrons. The zero-order valence-corrected chi connectivity index (χ0v) is 20.8. The number of nitrogens with zero attached hydrogens (tertiary/aromatic N) is 4. The average molecular weight is 550 g/mol. The van der Waals surface area contributed by atoms with E-state index < -0.39 is 29.1 Å². The minimum atomic E-state index is -4.60. The van der Waals surface area contributed by atoms with E-state index in [2.05, 4.69) is 15.3 Å². The third-order valence-corrected chi connectivity index (χ3v) is 5.73. The van der Waals surface area contributed by atoms with Gasteiger partial charge in [0.15, 0.2) is 0 Å². The molecular formula is C25H20ClF4N5O3. The zero-order chi connectivity index (χ0) is 27.6. The summed E-state index contributed by atoms with van der Waals surface area (Å²) in [6, 6.07) is 5.99. The Kier molecular flexibility index (Phi) is 7.53. The largest absolute Gasteiger partial charge is 0.462 e. The van der Waals surface area contributed by atoms with Crippen molar-refractivity contribution in [3.8, 4) is 16.9 Å². The number of carbonyl (C=O) groups is 1. The fourth-order valence-electron chi connectivity index (χ4n) is 3.61. The molecule has 0 aliphatic heterocycles. The number of aromatic nitrogens is 4. The topological polar surface area (TPSA) is 91.0 Å². The number of ether oxygens (including phenoxy) is 1. The van der Waals surface area contributed by atoms with Crippen LogP contribution in [0.15, 0.2) is 59.9 Å². The van der Waals surface area contributed by atoms with Crippen LogP contribution in [0.1, 0.15) is 29.8 Å². The Hall–Kier alpha value is -4.19. The summed E-state index contributed by atoms with van der Waals surface area (Å²) in [5.74, 6) is -1.48. The van der Waals surface area contributed by atoms with E-state index in [1.54, 1.807) is 13.8 Å². The summed E-state index contributed by atoms with van der Waals surface area (Å²) in [7, 11) is 0. The molecule has 38 heavy (non-hydrogen) atoms. The van der Waals surface area contributed by atoms with E-state index in [1.165, 1.54) is 41.4 Å². The summed E-state index contributed by atoms with van der Waals surface area (Å²) in [6.45, 7) is 3.54. The molecule has 0 saturated heterocycles. The van der Waals surface area contributed by atoms with Gasteiger partial charge in [0.2, 0.25) is 5.95 Å². The molecule has 8 nitrogen and oxygen atoms in total. The lowest BCUT2D eigenvalue weighted by molar-refractivity contribution is -0.137. The molecule has 0 aliphatic rings. The van der Waals surface area contributed by atoms with Crippen LogP contribution in [0.4, 0.5) is 29.2 Å². The standard InChI is InChI=1S/C25H20ClF4N5O3/c1-3-34-12-14(9-17(22(34)36)23(37)38-4-2)18-11-31-24(32-16-5-6-20(27)19(26)10-16)33-21(18)35-8-7-15(13-35)25(28,29)30/h5-13H,3-4H2,1-2H3,(H,31,32,33). The van der Waals surface area contributed by atoms with Crippen molar-refractivity contribution in [3.63, 3.8) is 0 Å². The highest BCUT2D eigenvalue weighted by atomic mass is 35.5. The predicted octanol–water partition coefficient (Wildman–Crippen LogP) is 5.85. The molecule has 1 aromatic carbocycles. The molecule has 0 aliphatic carbocycles. The Bertz CT molecular complexity index is 1570. The van der Waals surface area contributed by atoms with E-state index in [4.69, 9.17) is 16.3 Å². The van der Waals surface area contributed by atoms with Crippen molar-refractivity contribution in [1.82, 2.24) is 19.1 Å². The quantitative estimate of drug-likeness (QED) is 0.230. The van der Waals surface area contributed by atoms with E-state index in [0.29, 0.717) is 11.3 Å². The molecule has 0 unspecified atom stereocenters. The third-order valence-electron chi connectivity index (χ3n) is 5.44. The van der Waals surface area contributed by atoms with Gasteiger partial charge in [-0.25, -0.2) is 14.2 Å². The van der Waals surface area contributed by atoms with E-state index >= 15 is 0 Å². The Morgan fingerprint density at radius 1 is 1.16 bits per heavy atom. The maximum absolute atomic E-state index is 13.5. The fourth-order valence-corrected chi connectivity index (χ4v) is 3.79. The van der Waals surface area contributed by atoms with Gasteiger partial charge in [0.1, 0.15) is 17.2 Å². The molecule has 0 atom stereocenters. The van der Waals surface area contributed by atoms with Crippen LogP contribution < -0.4 is 10.9 Å². The Balaban J connectivity index is 1.89. The van der Waals surface area contributed by atoms with Gasteiger partial charge in [0.25, 0.3) is 5.56 Å². The molecule has 0 bridgehead atoms. The normalized spacial score (nSPS) is 11.4. The molecular weight excluding hydrogens is 530 g/mol. The molecule has 13 heteroatoms. The SMILES string of the molecule is CCOC(=O)c1cc(-c2cnc(Nc3ccc(F)c(Cl)c3)nc2-n2ccc(C(F)(F)F)c2)cn(CC)c1=O. The van der Waals surface area contributed by atoms with Crippen LogP contribution in [0.5, 0.6) is 0 Å². The number of aryl methyl sites for hydroxylation is 1. The number of benzene rings is 1. The summed E-state index contributed by atoms with van der Waals surface area (Å²) in [4.78, 5) is 33.8. The highest BCUT2D eigenvalue weighted by Gasteiger charge is 2.32. The minimum Gasteiger partial charge on any atom is -0.462 e. The van der Waals surface area contributed by atoms with Crippen LogP contribution in [0.2, 0.25) is 5.02 Å². The minimum absolute atomic E-state index is 0.0160. The number of halogens is 5. The Morgan fingerprint density at radius 2 is 1.92 bits per heavy atom. The highest BCUT2D eigenvalue weighted by molar-refractivity contribution is 6.31. The molecule has 0 saturated carbocycles. The van der Waals surface area contributed by atoms with Gasteiger partial charge < -0.3 is 19.2 Å². The van der Waals surface area contributed by atoms with Crippen molar-refractivity contribution < 1.29 is 27.1 Å². The van der Waals surface area contributed by atoms with E-state index in [1.807, 2.05) is 0 Å². The van der Waals surface area contributed by atoms with Crippen molar-refractivity contribution in [1.29, 1.82) is 0 Å². The second kappa shape index (κ2) is 10.7. The zero-order valence-electron chi connectivity index (χ0n) is 20.0. The molecule has 4 aromatic rings. The monoisotopic (exact) mass is 549 g/mol. The number of carbonyl (C=O) groups excluding carboxylic acids is 1. The van der Waals surface area contributed by atoms with Gasteiger partial charge in [-0.05, 0) is 44.2 Å². The lowest BCUT2D eigenvalue weighted by Gasteiger charge is -2.15. The van der Waals surface area contributed by atoms with Crippen LogP contribution in [0, 0.1) is 5.82 Å². The predicted molar refractivity (Wildman–Crippen MR) is 132 cm³/mol. The Morgan fingerprint density at radius 3 is 2.55 bits per heavy atom. The van der Waals surface area contributed by atoms with Crippen molar-refractivity contribution in [3.05, 3.63) is 87.4 Å². The van der Waals surface area contributed by atoms with Crippen molar-refractivity contribution in [2.45, 2.75) is 26.6 Å². The maximum atomic E-state index is 13.5. The first kappa shape index (κ1) is 26.9. The summed E-state index contributed by atoms with van der Waals surface area (Å²) >= 11 is 5.83. The summed E-state index contributed by atoms with van der Waals surface area (Å²) in [6.07, 6.45) is 0.213. The number of rotatable bonds is 7. The Labute approximate surface area is 218 Å². The number of pyridine rings is 1. The molecule has 0 amide bonds. The lowest BCUT2D eigenvalue weighted by atomic mass is 10.1. The van der Waals surface area contributed by atoms with Crippen molar-refractivity contribution >= 4 is 29.2 Å². The molecule has 0 spiro atoms. The molecule has 198 valence electrons. The van der Waals surface area contributed by atoms with E-state index in [0.717, 1.165) is 22.9 Å². The fraction of sp³-hybridized carbons (Fsp3) is 0.200. The van der Waals surface area contributed by atoms with Crippen molar-refractivity contribution in [2.75, 3.05) is 11.9 Å². The number of alkyl halides is 3. The molecule has 3 heterocycles. The first-order valence-corrected chi connectivity index (χ1v) is 11.7. The van der Waals surface area contributed by atoms with E-state index in [-0.39, 0.29) is 41.1 Å². The molecule has 3 aromatic heterocycles. The average Bonchev–Trinajstić information content (AvgIpc) is 3.38. The molecule has 4 rings (SSSR count). The van der Waals surface area contributed by atoms with Gasteiger partial charge in [-0.2, -0.15) is 18.2 Å². The van der Waals surface area contributed by atoms with Gasteiger partial charge >= 0.3 is 12.1 Å². The maximum Gasteiger partial charge on any atom is 0.417 e. The molecule has 0 fully saturated rings. The van der Waals surface area contributed by atoms with Crippen LogP contribution in [-0.2, 0) is 17.5 Å². The van der Waals surface area contributed by atoms with Gasteiger partial charge in [-0.1, -0.05) is 11.6 Å². The van der Waals surface area contributed by atoms with Gasteiger partial charge in [-0.3, -0.25) is 4.79 Å². The lowest BCUT2D eigenvalue weighted by Crippen LogP contribution is -2.27. The van der Waals surface area contributed by atoms with Gasteiger partial charge in [0.05, 0.1) is 17.2 Å². The van der Waals surface area contributed by atoms with Crippen molar-refractivity contribution in [2.24, 2.45) is 0 Å². The van der Waals surface area contributed by atoms with Crippen LogP contribution in [0.25, 0.3) is 16.9 Å². The number of hydrogen-bond acceptors (Lipinski definition) is 6. The first-order chi connectivity index (χ1) is 18.0. The van der Waals surface area contributed by atoms with Crippen LogP contribution >= 0.6 is 11.6 Å². The number of hydrogen-bond donors (Lipinski definition) is 1. The second-order valence-corrected chi connectivity index (χ2v) is 8.35. The summed E-state index contributed by atoms with van der Waals surface area (Å²) < 4.78 is 61.0. The van der Waals surface area contributed by atoms with Crippen LogP contribution in [0.3, 0.4) is 0 Å². The highest BCUT2D eigenvalue weighted by Crippen LogP contribution is 2.32.